The minimum Gasteiger partial charge on any atom is -0.308 e. The van der Waals surface area contributed by atoms with Crippen LogP contribution in [-0.2, 0) is 16.4 Å². The van der Waals surface area contributed by atoms with E-state index in [4.69, 9.17) is 0 Å². The van der Waals surface area contributed by atoms with E-state index >= 15 is 0 Å². The van der Waals surface area contributed by atoms with E-state index in [9.17, 15) is 8.42 Å². The molecule has 0 saturated heterocycles. The summed E-state index contributed by atoms with van der Waals surface area (Å²) in [4.78, 5) is 0. The predicted molar refractivity (Wildman–Crippen MR) is 88.1 cm³/mol. The number of thiophene rings is 1. The molecule has 2 aromatic rings. The summed E-state index contributed by atoms with van der Waals surface area (Å²) in [6.07, 6.45) is 0.982. The van der Waals surface area contributed by atoms with E-state index < -0.39 is 10.0 Å². The van der Waals surface area contributed by atoms with Crippen molar-refractivity contribution >= 4 is 37.3 Å². The van der Waals surface area contributed by atoms with Gasteiger partial charge in [0.25, 0.3) is 10.0 Å². The van der Waals surface area contributed by atoms with Gasteiger partial charge >= 0.3 is 0 Å². The zero-order valence-electron chi connectivity index (χ0n) is 11.2. The Balaban J connectivity index is 1.76. The molecule has 1 aromatic carbocycles. The van der Waals surface area contributed by atoms with Crippen molar-refractivity contribution < 1.29 is 8.42 Å². The van der Waals surface area contributed by atoms with Crippen molar-refractivity contribution in [2.75, 3.05) is 13.1 Å². The Kier molecular flexibility index (Phi) is 4.46. The van der Waals surface area contributed by atoms with Gasteiger partial charge in [-0.05, 0) is 51.5 Å². The highest BCUT2D eigenvalue weighted by Crippen LogP contribution is 2.28. The van der Waals surface area contributed by atoms with Crippen LogP contribution in [0, 0.1) is 0 Å². The Labute approximate surface area is 136 Å². The van der Waals surface area contributed by atoms with Crippen LogP contribution in [0.4, 0.5) is 0 Å². The number of benzene rings is 1. The number of hydrogen-bond acceptors (Lipinski definition) is 4. The van der Waals surface area contributed by atoms with Crippen molar-refractivity contribution in [2.24, 2.45) is 0 Å². The number of halogens is 1. The lowest BCUT2D eigenvalue weighted by Gasteiger charge is -2.27. The van der Waals surface area contributed by atoms with Crippen molar-refractivity contribution in [3.05, 3.63) is 51.3 Å². The maximum atomic E-state index is 12.3. The average Bonchev–Trinajstić information content (AvgIpc) is 2.92. The molecule has 0 spiro atoms. The normalized spacial score (nSPS) is 18.4. The number of nitrogens with one attached hydrogen (secondary N) is 2. The Bertz CT molecular complexity index is 743. The largest absolute Gasteiger partial charge is 0.308 e. The van der Waals surface area contributed by atoms with Gasteiger partial charge in [-0.3, -0.25) is 0 Å². The van der Waals surface area contributed by atoms with Crippen LogP contribution in [0.3, 0.4) is 0 Å². The maximum absolute atomic E-state index is 12.3. The van der Waals surface area contributed by atoms with Crippen LogP contribution in [0.15, 0.2) is 44.4 Å². The van der Waals surface area contributed by atoms with Gasteiger partial charge in [-0.15, -0.1) is 11.3 Å². The van der Waals surface area contributed by atoms with Gasteiger partial charge in [0.05, 0.1) is 0 Å². The lowest BCUT2D eigenvalue weighted by molar-refractivity contribution is 0.492. The lowest BCUT2D eigenvalue weighted by Crippen LogP contribution is -2.38. The zero-order chi connectivity index (χ0) is 14.9. The first kappa shape index (κ1) is 15.2. The third-order valence-corrected chi connectivity index (χ3v) is 7.62. The van der Waals surface area contributed by atoms with E-state index in [1.165, 1.54) is 22.5 Å². The molecule has 2 heterocycles. The second-order valence-electron chi connectivity index (χ2n) is 4.86. The van der Waals surface area contributed by atoms with Gasteiger partial charge in [-0.25, -0.2) is 13.1 Å². The highest BCUT2D eigenvalue weighted by molar-refractivity contribution is 9.10. The molecule has 0 aliphatic carbocycles. The second-order valence-corrected chi connectivity index (χ2v) is 8.60. The summed E-state index contributed by atoms with van der Waals surface area (Å²) in [5, 5.41) is 5.13. The monoisotopic (exact) mass is 386 g/mol. The summed E-state index contributed by atoms with van der Waals surface area (Å²) in [6, 6.07) is 9.93. The fourth-order valence-electron chi connectivity index (χ4n) is 2.51. The molecule has 2 N–H and O–H groups in total. The first-order chi connectivity index (χ1) is 10.1. The molecule has 0 bridgehead atoms. The van der Waals surface area contributed by atoms with Crippen LogP contribution in [0.25, 0.3) is 0 Å². The fraction of sp³-hybridized carbons (Fsp3) is 0.286. The summed E-state index contributed by atoms with van der Waals surface area (Å²) in [5.41, 5.74) is 2.47. The van der Waals surface area contributed by atoms with E-state index in [0.29, 0.717) is 15.2 Å². The average molecular weight is 387 g/mol. The van der Waals surface area contributed by atoms with Crippen molar-refractivity contribution in [1.82, 2.24) is 10.0 Å². The standard InChI is InChI=1S/C14H15BrN2O2S2/c15-12-6-8-20-14(12)21(18,19)17-9-13-11-4-2-1-3-10(11)5-7-16-13/h1-4,6,8,13,16-17H,5,7,9H2. The van der Waals surface area contributed by atoms with Gasteiger partial charge in [0, 0.05) is 17.1 Å². The van der Waals surface area contributed by atoms with E-state index in [2.05, 4.69) is 38.1 Å². The molecule has 0 radical (unpaired) electrons. The fourth-order valence-corrected chi connectivity index (χ4v) is 5.93. The molecule has 0 amide bonds. The smallest absolute Gasteiger partial charge is 0.251 e. The van der Waals surface area contributed by atoms with Crippen molar-refractivity contribution in [2.45, 2.75) is 16.7 Å². The summed E-state index contributed by atoms with van der Waals surface area (Å²) >= 11 is 4.48. The molecule has 1 unspecified atom stereocenters. The highest BCUT2D eigenvalue weighted by atomic mass is 79.9. The van der Waals surface area contributed by atoms with E-state index in [1.54, 1.807) is 11.4 Å². The van der Waals surface area contributed by atoms with Crippen molar-refractivity contribution in [3.63, 3.8) is 0 Å². The second kappa shape index (κ2) is 6.18. The minimum atomic E-state index is -3.47. The van der Waals surface area contributed by atoms with Crippen molar-refractivity contribution in [3.8, 4) is 0 Å². The minimum absolute atomic E-state index is 0.0171. The third kappa shape index (κ3) is 3.22. The summed E-state index contributed by atoms with van der Waals surface area (Å²) in [7, 11) is -3.47. The van der Waals surface area contributed by atoms with Gasteiger partial charge in [0.15, 0.2) is 0 Å². The molecule has 0 saturated carbocycles. The van der Waals surface area contributed by atoms with E-state index in [1.807, 2.05) is 12.1 Å². The molecule has 0 fully saturated rings. The third-order valence-electron chi connectivity index (χ3n) is 3.52. The molecular weight excluding hydrogens is 372 g/mol. The molecule has 1 aromatic heterocycles. The van der Waals surface area contributed by atoms with Crippen molar-refractivity contribution in [1.29, 1.82) is 0 Å². The molecule has 3 rings (SSSR count). The molecule has 21 heavy (non-hydrogen) atoms. The van der Waals surface area contributed by atoms with Crippen LogP contribution in [0.2, 0.25) is 0 Å². The highest BCUT2D eigenvalue weighted by Gasteiger charge is 2.24. The quantitative estimate of drug-likeness (QED) is 0.848. The Morgan fingerprint density at radius 1 is 1.33 bits per heavy atom. The zero-order valence-corrected chi connectivity index (χ0v) is 14.4. The summed E-state index contributed by atoms with van der Waals surface area (Å²) in [5.74, 6) is 0. The van der Waals surface area contributed by atoms with E-state index in [0.717, 1.165) is 13.0 Å². The first-order valence-electron chi connectivity index (χ1n) is 6.62. The SMILES string of the molecule is O=S(=O)(NCC1NCCc2ccccc21)c1sccc1Br. The molecule has 4 nitrogen and oxygen atoms in total. The Hall–Kier alpha value is -0.730. The van der Waals surface area contributed by atoms with Crippen LogP contribution < -0.4 is 10.0 Å². The van der Waals surface area contributed by atoms with Crippen LogP contribution in [0.5, 0.6) is 0 Å². The number of hydrogen-bond donors (Lipinski definition) is 2. The summed E-state index contributed by atoms with van der Waals surface area (Å²) < 4.78 is 28.3. The topological polar surface area (TPSA) is 58.2 Å². The van der Waals surface area contributed by atoms with Gasteiger partial charge in [-0.2, -0.15) is 0 Å². The van der Waals surface area contributed by atoms with E-state index in [-0.39, 0.29) is 6.04 Å². The molecular formula is C14H15BrN2O2S2. The first-order valence-corrected chi connectivity index (χ1v) is 9.77. The Morgan fingerprint density at radius 2 is 2.14 bits per heavy atom. The predicted octanol–water partition coefficient (Wildman–Crippen LogP) is 2.68. The Morgan fingerprint density at radius 3 is 2.90 bits per heavy atom. The van der Waals surface area contributed by atoms with Gasteiger partial charge in [-0.1, -0.05) is 24.3 Å². The molecule has 112 valence electrons. The maximum Gasteiger partial charge on any atom is 0.251 e. The molecule has 1 atom stereocenters. The number of fused-ring (bicyclic) bond motifs is 1. The molecule has 1 aliphatic rings. The molecule has 7 heteroatoms. The van der Waals surface area contributed by atoms with Gasteiger partial charge in [0.1, 0.15) is 4.21 Å². The van der Waals surface area contributed by atoms with Crippen LogP contribution >= 0.6 is 27.3 Å². The summed E-state index contributed by atoms with van der Waals surface area (Å²) in [6.45, 7) is 1.22. The van der Waals surface area contributed by atoms with Crippen LogP contribution in [-0.4, -0.2) is 21.5 Å². The van der Waals surface area contributed by atoms with Gasteiger partial charge < -0.3 is 5.32 Å². The van der Waals surface area contributed by atoms with Crippen LogP contribution in [0.1, 0.15) is 17.2 Å². The van der Waals surface area contributed by atoms with Gasteiger partial charge in [0.2, 0.25) is 0 Å². The molecule has 1 aliphatic heterocycles. The number of rotatable bonds is 4. The number of sulfonamides is 1. The lowest BCUT2D eigenvalue weighted by atomic mass is 9.95.